The number of piperidine rings is 1. The average molecular weight is 397 g/mol. The minimum absolute atomic E-state index is 0.152. The van der Waals surface area contributed by atoms with Crippen LogP contribution in [0.15, 0.2) is 29.6 Å². The molecule has 2 unspecified atom stereocenters. The van der Waals surface area contributed by atoms with E-state index >= 15 is 0 Å². The summed E-state index contributed by atoms with van der Waals surface area (Å²) in [6, 6.07) is 8.63. The third-order valence-corrected chi connectivity index (χ3v) is 7.33. The van der Waals surface area contributed by atoms with Crippen molar-refractivity contribution in [3.05, 3.63) is 40.1 Å². The zero-order valence-electron chi connectivity index (χ0n) is 16.1. The molecular formula is C21H24N4O2S. The minimum Gasteiger partial charge on any atom is -0.335 e. The number of benzene rings is 1. The lowest BCUT2D eigenvalue weighted by molar-refractivity contribution is 0.102. The van der Waals surface area contributed by atoms with E-state index in [1.165, 1.54) is 24.2 Å². The van der Waals surface area contributed by atoms with E-state index in [1.807, 2.05) is 36.6 Å². The van der Waals surface area contributed by atoms with Crippen molar-refractivity contribution in [2.24, 2.45) is 0 Å². The van der Waals surface area contributed by atoms with Crippen LogP contribution >= 0.6 is 11.3 Å². The Hall–Kier alpha value is -2.38. The summed E-state index contributed by atoms with van der Waals surface area (Å²) in [5, 5.41) is 8.06. The molecule has 4 heterocycles. The van der Waals surface area contributed by atoms with Crippen LogP contribution in [0.4, 0.5) is 21.9 Å². The first-order valence-corrected chi connectivity index (χ1v) is 10.7. The summed E-state index contributed by atoms with van der Waals surface area (Å²) in [7, 11) is 2.20. The van der Waals surface area contributed by atoms with Crippen molar-refractivity contribution in [1.82, 2.24) is 10.2 Å². The van der Waals surface area contributed by atoms with Gasteiger partial charge in [0.2, 0.25) is 0 Å². The van der Waals surface area contributed by atoms with E-state index < -0.39 is 0 Å². The second-order valence-electron chi connectivity index (χ2n) is 8.03. The quantitative estimate of drug-likeness (QED) is 0.763. The van der Waals surface area contributed by atoms with E-state index in [9.17, 15) is 9.59 Å². The summed E-state index contributed by atoms with van der Waals surface area (Å²) in [6.45, 7) is 1.96. The zero-order chi connectivity index (χ0) is 19.4. The lowest BCUT2D eigenvalue weighted by atomic mass is 9.98. The van der Waals surface area contributed by atoms with Gasteiger partial charge in [0, 0.05) is 28.4 Å². The number of aryl methyl sites for hydroxylation is 1. The Morgan fingerprint density at radius 3 is 2.68 bits per heavy atom. The maximum Gasteiger partial charge on any atom is 0.326 e. The summed E-state index contributed by atoms with van der Waals surface area (Å²) in [6.07, 6.45) is 4.40. The smallest absolute Gasteiger partial charge is 0.326 e. The first-order valence-electron chi connectivity index (χ1n) is 9.84. The molecule has 28 heavy (non-hydrogen) atoms. The molecule has 1 aromatic carbocycles. The third-order valence-electron chi connectivity index (χ3n) is 6.43. The highest BCUT2D eigenvalue weighted by atomic mass is 32.1. The summed E-state index contributed by atoms with van der Waals surface area (Å²) < 4.78 is 0. The molecule has 7 heteroatoms. The van der Waals surface area contributed by atoms with Gasteiger partial charge in [0.15, 0.2) is 0 Å². The van der Waals surface area contributed by atoms with Crippen molar-refractivity contribution in [2.45, 2.75) is 50.7 Å². The Morgan fingerprint density at radius 2 is 1.93 bits per heavy atom. The van der Waals surface area contributed by atoms with Gasteiger partial charge >= 0.3 is 6.03 Å². The predicted molar refractivity (Wildman–Crippen MR) is 112 cm³/mol. The number of carbonyl (C=O) groups is 2. The molecule has 3 amide bonds. The topological polar surface area (TPSA) is 64.7 Å². The van der Waals surface area contributed by atoms with Gasteiger partial charge in [-0.2, -0.15) is 0 Å². The van der Waals surface area contributed by atoms with Crippen LogP contribution in [0.3, 0.4) is 0 Å². The van der Waals surface area contributed by atoms with Gasteiger partial charge in [0.1, 0.15) is 0 Å². The Bertz CT molecular complexity index is 942. The normalized spacial score (nSPS) is 26.3. The molecule has 2 fully saturated rings. The van der Waals surface area contributed by atoms with Crippen LogP contribution in [0.5, 0.6) is 0 Å². The minimum atomic E-state index is -0.167. The number of para-hydroxylation sites is 2. The van der Waals surface area contributed by atoms with Gasteiger partial charge in [0.25, 0.3) is 5.91 Å². The second kappa shape index (κ2) is 6.60. The molecule has 1 aromatic heterocycles. The predicted octanol–water partition coefficient (Wildman–Crippen LogP) is 4.10. The van der Waals surface area contributed by atoms with Crippen molar-refractivity contribution in [2.75, 3.05) is 17.3 Å². The summed E-state index contributed by atoms with van der Waals surface area (Å²) in [5.74, 6) is -0.167. The van der Waals surface area contributed by atoms with Crippen molar-refractivity contribution >= 4 is 40.3 Å². The van der Waals surface area contributed by atoms with E-state index in [1.54, 1.807) is 4.90 Å². The lowest BCUT2D eigenvalue weighted by Gasteiger charge is -2.37. The van der Waals surface area contributed by atoms with E-state index in [2.05, 4.69) is 22.6 Å². The molecule has 0 aliphatic carbocycles. The van der Waals surface area contributed by atoms with E-state index in [-0.39, 0.29) is 18.0 Å². The van der Waals surface area contributed by atoms with Crippen molar-refractivity contribution in [3.8, 4) is 0 Å². The number of carbonyl (C=O) groups excluding carboxylic acids is 2. The molecule has 5 rings (SSSR count). The molecule has 2 bridgehead atoms. The van der Waals surface area contributed by atoms with E-state index in [4.69, 9.17) is 0 Å². The summed E-state index contributed by atoms with van der Waals surface area (Å²) >= 11 is 1.50. The maximum atomic E-state index is 13.5. The highest BCUT2D eigenvalue weighted by Crippen LogP contribution is 2.42. The first kappa shape index (κ1) is 17.7. The molecule has 0 saturated carbocycles. The van der Waals surface area contributed by atoms with Crippen molar-refractivity contribution in [3.63, 3.8) is 0 Å². The Morgan fingerprint density at radius 1 is 1.21 bits per heavy atom. The van der Waals surface area contributed by atoms with Crippen LogP contribution in [-0.2, 0) is 0 Å². The number of rotatable bonds is 1. The molecule has 3 aliphatic heterocycles. The number of amides is 3. The van der Waals surface area contributed by atoms with Gasteiger partial charge in [-0.25, -0.2) is 4.79 Å². The number of thiophene rings is 1. The van der Waals surface area contributed by atoms with Gasteiger partial charge < -0.3 is 15.5 Å². The maximum absolute atomic E-state index is 13.5. The number of urea groups is 1. The molecule has 2 aromatic rings. The molecule has 0 spiro atoms. The number of hydrogen-bond donors (Lipinski definition) is 2. The van der Waals surface area contributed by atoms with Gasteiger partial charge in [0.05, 0.1) is 22.6 Å². The fourth-order valence-corrected chi connectivity index (χ4v) is 5.78. The van der Waals surface area contributed by atoms with Gasteiger partial charge in [-0.15, -0.1) is 11.3 Å². The van der Waals surface area contributed by atoms with E-state index in [0.29, 0.717) is 34.7 Å². The Labute approximate surface area is 168 Å². The molecule has 146 valence electrons. The number of hydrogen-bond acceptors (Lipinski definition) is 4. The molecular weight excluding hydrogens is 372 g/mol. The fourth-order valence-electron chi connectivity index (χ4n) is 4.95. The monoisotopic (exact) mass is 396 g/mol. The van der Waals surface area contributed by atoms with Crippen LogP contribution in [0, 0.1) is 6.92 Å². The van der Waals surface area contributed by atoms with Crippen molar-refractivity contribution in [1.29, 1.82) is 0 Å². The number of fused-ring (bicyclic) bond motifs is 4. The van der Waals surface area contributed by atoms with E-state index in [0.717, 1.165) is 17.7 Å². The second-order valence-corrected chi connectivity index (χ2v) is 9.11. The summed E-state index contributed by atoms with van der Waals surface area (Å²) in [4.78, 5) is 31.3. The highest BCUT2D eigenvalue weighted by molar-refractivity contribution is 7.11. The summed E-state index contributed by atoms with van der Waals surface area (Å²) in [5.41, 5.74) is 2.62. The number of anilines is 3. The van der Waals surface area contributed by atoms with Crippen LogP contribution in [0.1, 0.15) is 40.9 Å². The standard InChI is InChI=1S/C21H24N4O2S/c1-12-19-16(11-28-12)20(26)23-17-5-3-4-6-18(17)25(19)21(27)22-13-9-14-7-8-15(10-13)24(14)2/h3-6,11,13-15H,7-10H2,1-2H3,(H,22,27)(H,23,26). The van der Waals surface area contributed by atoms with Crippen molar-refractivity contribution < 1.29 is 9.59 Å². The Balaban J connectivity index is 1.50. The van der Waals surface area contributed by atoms with Crippen LogP contribution in [0.25, 0.3) is 0 Å². The Kier molecular flexibility index (Phi) is 4.17. The molecule has 6 nitrogen and oxygen atoms in total. The molecule has 2 N–H and O–H groups in total. The largest absolute Gasteiger partial charge is 0.335 e. The molecule has 0 radical (unpaired) electrons. The molecule has 2 atom stereocenters. The van der Waals surface area contributed by atoms with Gasteiger partial charge in [-0.1, -0.05) is 12.1 Å². The zero-order valence-corrected chi connectivity index (χ0v) is 16.9. The van der Waals surface area contributed by atoms with Gasteiger partial charge in [-0.3, -0.25) is 9.69 Å². The first-order chi connectivity index (χ1) is 13.5. The van der Waals surface area contributed by atoms with Crippen LogP contribution in [0.2, 0.25) is 0 Å². The molecule has 2 saturated heterocycles. The average Bonchev–Trinajstić information content (AvgIpc) is 3.07. The lowest BCUT2D eigenvalue weighted by Crippen LogP contribution is -2.51. The van der Waals surface area contributed by atoms with Gasteiger partial charge in [-0.05, 0) is 51.8 Å². The number of nitrogens with zero attached hydrogens (tertiary/aromatic N) is 2. The third kappa shape index (κ3) is 2.72. The molecule has 3 aliphatic rings. The SMILES string of the molecule is Cc1scc2c1N(C(=O)NC1CC3CCC(C1)N3C)c1ccccc1NC2=O. The van der Waals surface area contributed by atoms with Crippen LogP contribution in [-0.4, -0.2) is 42.0 Å². The highest BCUT2D eigenvalue weighted by Gasteiger charge is 2.40. The number of nitrogens with one attached hydrogen (secondary N) is 2. The fraction of sp³-hybridized carbons (Fsp3) is 0.429. The van der Waals surface area contributed by atoms with Crippen LogP contribution < -0.4 is 15.5 Å².